The first-order valence-electron chi connectivity index (χ1n) is 7.66. The summed E-state index contributed by atoms with van der Waals surface area (Å²) in [6.07, 6.45) is 3.42. The highest BCUT2D eigenvalue weighted by atomic mass is 32.1. The summed E-state index contributed by atoms with van der Waals surface area (Å²) in [5, 5.41) is 14.9. The van der Waals surface area contributed by atoms with Crippen LogP contribution in [0.1, 0.15) is 48.5 Å². The predicted octanol–water partition coefficient (Wildman–Crippen LogP) is 3.48. The van der Waals surface area contributed by atoms with E-state index in [4.69, 9.17) is 0 Å². The molecule has 0 bridgehead atoms. The average Bonchev–Trinajstić information content (AvgIpc) is 3.00. The first-order chi connectivity index (χ1) is 11.1. The highest BCUT2D eigenvalue weighted by Crippen LogP contribution is 2.19. The van der Waals surface area contributed by atoms with Crippen molar-refractivity contribution in [3.8, 4) is 0 Å². The lowest BCUT2D eigenvalue weighted by Crippen LogP contribution is -2.13. The summed E-state index contributed by atoms with van der Waals surface area (Å²) in [6.45, 7) is 3.89. The molecule has 0 aliphatic carbocycles. The largest absolute Gasteiger partial charge is 0.326 e. The predicted molar refractivity (Wildman–Crippen MR) is 91.8 cm³/mol. The average molecular weight is 332 g/mol. The van der Waals surface area contributed by atoms with Gasteiger partial charge in [0, 0.05) is 24.1 Å². The van der Waals surface area contributed by atoms with Crippen LogP contribution in [0.5, 0.6) is 0 Å². The lowest BCUT2D eigenvalue weighted by Gasteiger charge is -2.06. The summed E-state index contributed by atoms with van der Waals surface area (Å²) in [6, 6.07) is 6.81. The van der Waals surface area contributed by atoms with E-state index in [1.807, 2.05) is 0 Å². The molecular formula is C16H20N4O2S. The van der Waals surface area contributed by atoms with E-state index in [0.717, 1.165) is 24.3 Å². The number of nitrogens with zero attached hydrogens (tertiary/aromatic N) is 2. The Kier molecular flexibility index (Phi) is 6.22. The fraction of sp³-hybridized carbons (Fsp3) is 0.375. The normalized spacial score (nSPS) is 10.3. The maximum Gasteiger partial charge on any atom is 0.257 e. The van der Waals surface area contributed by atoms with E-state index in [1.54, 1.807) is 31.2 Å². The van der Waals surface area contributed by atoms with Crippen molar-refractivity contribution in [1.29, 1.82) is 0 Å². The zero-order valence-electron chi connectivity index (χ0n) is 13.3. The highest BCUT2D eigenvalue weighted by molar-refractivity contribution is 7.15. The second-order valence-electron chi connectivity index (χ2n) is 5.04. The number of unbranched alkanes of at least 4 members (excludes halogenated alkanes) is 1. The molecule has 0 aliphatic heterocycles. The van der Waals surface area contributed by atoms with Crippen LogP contribution < -0.4 is 10.6 Å². The van der Waals surface area contributed by atoms with Gasteiger partial charge in [-0.3, -0.25) is 14.9 Å². The molecule has 122 valence electrons. The maximum atomic E-state index is 12.3. The van der Waals surface area contributed by atoms with Crippen LogP contribution >= 0.6 is 11.3 Å². The van der Waals surface area contributed by atoms with Crippen molar-refractivity contribution in [1.82, 2.24) is 10.2 Å². The lowest BCUT2D eigenvalue weighted by molar-refractivity contribution is -0.115. The molecule has 2 amide bonds. The molecule has 0 fully saturated rings. The fourth-order valence-electron chi connectivity index (χ4n) is 1.89. The number of hydrogen-bond donors (Lipinski definition) is 2. The molecule has 2 N–H and O–H groups in total. The van der Waals surface area contributed by atoms with Gasteiger partial charge in [-0.05, 0) is 24.6 Å². The third-order valence-electron chi connectivity index (χ3n) is 3.16. The molecule has 2 aromatic rings. The SMILES string of the molecule is CCCCc1nnc(NC(=O)c2cccc(NC(=O)CC)c2)s1. The number of aromatic nitrogens is 2. The van der Waals surface area contributed by atoms with E-state index in [0.29, 0.717) is 22.8 Å². The van der Waals surface area contributed by atoms with E-state index in [9.17, 15) is 9.59 Å². The minimum Gasteiger partial charge on any atom is -0.326 e. The van der Waals surface area contributed by atoms with E-state index < -0.39 is 0 Å². The van der Waals surface area contributed by atoms with Crippen LogP contribution in [0.25, 0.3) is 0 Å². The Morgan fingerprint density at radius 2 is 2.00 bits per heavy atom. The van der Waals surface area contributed by atoms with Crippen molar-refractivity contribution in [3.05, 3.63) is 34.8 Å². The Morgan fingerprint density at radius 1 is 1.17 bits per heavy atom. The lowest BCUT2D eigenvalue weighted by atomic mass is 10.2. The van der Waals surface area contributed by atoms with Crippen LogP contribution in [0.4, 0.5) is 10.8 Å². The monoisotopic (exact) mass is 332 g/mol. The van der Waals surface area contributed by atoms with Gasteiger partial charge in [-0.25, -0.2) is 0 Å². The summed E-state index contributed by atoms with van der Waals surface area (Å²) < 4.78 is 0. The smallest absolute Gasteiger partial charge is 0.257 e. The molecule has 6 nitrogen and oxygen atoms in total. The number of hydrogen-bond acceptors (Lipinski definition) is 5. The number of benzene rings is 1. The molecule has 0 saturated carbocycles. The van der Waals surface area contributed by atoms with Crippen LogP contribution in [0.3, 0.4) is 0 Å². The van der Waals surface area contributed by atoms with E-state index in [2.05, 4.69) is 27.8 Å². The summed E-state index contributed by atoms with van der Waals surface area (Å²) in [4.78, 5) is 23.7. The van der Waals surface area contributed by atoms with Crippen molar-refractivity contribution >= 4 is 34.0 Å². The van der Waals surface area contributed by atoms with Crippen molar-refractivity contribution in [3.63, 3.8) is 0 Å². The fourth-order valence-corrected chi connectivity index (χ4v) is 2.67. The second kappa shape index (κ2) is 8.38. The summed E-state index contributed by atoms with van der Waals surface area (Å²) in [5.41, 5.74) is 1.06. The van der Waals surface area contributed by atoms with Gasteiger partial charge in [0.25, 0.3) is 5.91 Å². The van der Waals surface area contributed by atoms with Crippen molar-refractivity contribution in [2.45, 2.75) is 39.5 Å². The van der Waals surface area contributed by atoms with Gasteiger partial charge in [0.2, 0.25) is 11.0 Å². The van der Waals surface area contributed by atoms with E-state index in [1.165, 1.54) is 11.3 Å². The molecular weight excluding hydrogens is 312 g/mol. The van der Waals surface area contributed by atoms with Crippen LogP contribution in [0.15, 0.2) is 24.3 Å². The maximum absolute atomic E-state index is 12.3. The van der Waals surface area contributed by atoms with Gasteiger partial charge in [-0.1, -0.05) is 37.7 Å². The minimum atomic E-state index is -0.268. The van der Waals surface area contributed by atoms with E-state index in [-0.39, 0.29) is 11.8 Å². The molecule has 0 aliphatic rings. The first-order valence-corrected chi connectivity index (χ1v) is 8.47. The zero-order chi connectivity index (χ0) is 16.7. The highest BCUT2D eigenvalue weighted by Gasteiger charge is 2.11. The van der Waals surface area contributed by atoms with Crippen molar-refractivity contribution in [2.24, 2.45) is 0 Å². The first kappa shape index (κ1) is 17.1. The van der Waals surface area contributed by atoms with Gasteiger partial charge in [0.1, 0.15) is 5.01 Å². The second-order valence-corrected chi connectivity index (χ2v) is 6.10. The minimum absolute atomic E-state index is 0.0905. The molecule has 0 unspecified atom stereocenters. The molecule has 2 rings (SSSR count). The third kappa shape index (κ3) is 5.14. The molecule has 0 spiro atoms. The van der Waals surface area contributed by atoms with Gasteiger partial charge in [-0.2, -0.15) is 0 Å². The van der Waals surface area contributed by atoms with Crippen molar-refractivity contribution < 1.29 is 9.59 Å². The Balaban J connectivity index is 2.01. The third-order valence-corrected chi connectivity index (χ3v) is 4.06. The molecule has 1 aromatic heterocycles. The number of amides is 2. The van der Waals surface area contributed by atoms with Gasteiger partial charge in [0.05, 0.1) is 0 Å². The molecule has 0 atom stereocenters. The van der Waals surface area contributed by atoms with Gasteiger partial charge in [-0.15, -0.1) is 10.2 Å². The Hall–Kier alpha value is -2.28. The zero-order valence-corrected chi connectivity index (χ0v) is 14.1. The number of anilines is 2. The quantitative estimate of drug-likeness (QED) is 0.813. The van der Waals surface area contributed by atoms with Gasteiger partial charge in [0.15, 0.2) is 0 Å². The standard InChI is InChI=1S/C16H20N4O2S/c1-3-5-9-14-19-20-16(23-14)18-15(22)11-7-6-8-12(10-11)17-13(21)4-2/h6-8,10H,3-5,9H2,1-2H3,(H,17,21)(H,18,20,22). The summed E-state index contributed by atoms with van der Waals surface area (Å²) in [7, 11) is 0. The molecule has 1 aromatic carbocycles. The Morgan fingerprint density at radius 3 is 2.74 bits per heavy atom. The van der Waals surface area contributed by atoms with E-state index >= 15 is 0 Å². The molecule has 7 heteroatoms. The number of aryl methyl sites for hydroxylation is 1. The van der Waals surface area contributed by atoms with Crippen molar-refractivity contribution in [2.75, 3.05) is 10.6 Å². The van der Waals surface area contributed by atoms with Crippen LogP contribution in [-0.2, 0) is 11.2 Å². The topological polar surface area (TPSA) is 84.0 Å². The molecule has 23 heavy (non-hydrogen) atoms. The van der Waals surface area contributed by atoms with Gasteiger partial charge < -0.3 is 5.32 Å². The summed E-state index contributed by atoms with van der Waals surface area (Å²) >= 11 is 1.39. The Bertz CT molecular complexity index is 684. The number of nitrogens with one attached hydrogen (secondary N) is 2. The summed E-state index contributed by atoms with van der Waals surface area (Å²) in [5.74, 6) is -0.358. The number of rotatable bonds is 7. The molecule has 1 heterocycles. The number of carbonyl (C=O) groups is 2. The van der Waals surface area contributed by atoms with Crippen LogP contribution in [-0.4, -0.2) is 22.0 Å². The molecule has 0 saturated heterocycles. The van der Waals surface area contributed by atoms with Crippen LogP contribution in [0, 0.1) is 0 Å². The molecule has 0 radical (unpaired) electrons. The van der Waals surface area contributed by atoms with Gasteiger partial charge >= 0.3 is 0 Å². The van der Waals surface area contributed by atoms with Crippen LogP contribution in [0.2, 0.25) is 0 Å². The Labute approximate surface area is 139 Å². The number of carbonyl (C=O) groups excluding carboxylic acids is 2.